The van der Waals surface area contributed by atoms with Crippen molar-refractivity contribution in [3.8, 4) is 11.3 Å². The number of nitrogens with zero attached hydrogens (tertiary/aromatic N) is 2. The predicted molar refractivity (Wildman–Crippen MR) is 85.4 cm³/mol. The number of hydrogen-bond donors (Lipinski definition) is 3. The lowest BCUT2D eigenvalue weighted by atomic mass is 10.1. The maximum Gasteiger partial charge on any atom is 0.251 e. The zero-order valence-electron chi connectivity index (χ0n) is 12.5. The number of nitrogens with one attached hydrogen (secondary N) is 2. The topological polar surface area (TPSA) is 110 Å². The highest BCUT2D eigenvalue weighted by Crippen LogP contribution is 2.17. The first-order valence-corrected chi connectivity index (χ1v) is 7.40. The molecular formula is C16H17N5O2. The molecule has 7 nitrogen and oxygen atoms in total. The second-order valence-electron chi connectivity index (χ2n) is 5.36. The van der Waals surface area contributed by atoms with Crippen LogP contribution in [0.5, 0.6) is 0 Å². The minimum Gasteiger partial charge on any atom is -0.382 e. The van der Waals surface area contributed by atoms with Gasteiger partial charge >= 0.3 is 0 Å². The number of nitrogen functional groups attached to an aromatic ring is 1. The normalized spacial score (nSPS) is 17.4. The molecule has 1 saturated heterocycles. The largest absolute Gasteiger partial charge is 0.382 e. The molecule has 23 heavy (non-hydrogen) atoms. The molecule has 0 saturated carbocycles. The van der Waals surface area contributed by atoms with Crippen molar-refractivity contribution in [2.45, 2.75) is 18.9 Å². The minimum absolute atomic E-state index is 0.127. The van der Waals surface area contributed by atoms with Gasteiger partial charge in [0.25, 0.3) is 5.91 Å². The number of anilines is 1. The zero-order chi connectivity index (χ0) is 16.2. The summed E-state index contributed by atoms with van der Waals surface area (Å²) in [6.45, 7) is 0.669. The summed E-state index contributed by atoms with van der Waals surface area (Å²) in [5.74, 6) is -0.0316. The molecule has 0 aliphatic carbocycles. The van der Waals surface area contributed by atoms with E-state index in [4.69, 9.17) is 5.73 Å². The van der Waals surface area contributed by atoms with E-state index in [0.717, 1.165) is 12.0 Å². The van der Waals surface area contributed by atoms with Gasteiger partial charge in [-0.05, 0) is 25.0 Å². The van der Waals surface area contributed by atoms with Crippen LogP contribution in [0.1, 0.15) is 23.2 Å². The van der Waals surface area contributed by atoms with Crippen LogP contribution in [0.2, 0.25) is 0 Å². The van der Waals surface area contributed by atoms with Gasteiger partial charge in [0.2, 0.25) is 5.91 Å². The van der Waals surface area contributed by atoms with Crippen molar-refractivity contribution in [3.05, 3.63) is 42.2 Å². The fraction of sp³-hybridized carbons (Fsp3) is 0.250. The summed E-state index contributed by atoms with van der Waals surface area (Å²) < 4.78 is 0. The first-order valence-electron chi connectivity index (χ1n) is 7.40. The average molecular weight is 311 g/mol. The molecule has 1 aliphatic rings. The molecule has 1 fully saturated rings. The number of carbonyl (C=O) groups excluding carboxylic acids is 2. The average Bonchev–Trinajstić information content (AvgIpc) is 2.58. The zero-order valence-corrected chi connectivity index (χ0v) is 12.5. The number of piperidine rings is 1. The van der Waals surface area contributed by atoms with Gasteiger partial charge in [0, 0.05) is 17.7 Å². The van der Waals surface area contributed by atoms with E-state index in [9.17, 15) is 9.59 Å². The van der Waals surface area contributed by atoms with E-state index >= 15 is 0 Å². The van der Waals surface area contributed by atoms with Gasteiger partial charge in [-0.2, -0.15) is 0 Å². The summed E-state index contributed by atoms with van der Waals surface area (Å²) in [5.41, 5.74) is 7.52. The van der Waals surface area contributed by atoms with E-state index in [-0.39, 0.29) is 11.8 Å². The fourth-order valence-electron chi connectivity index (χ4n) is 2.43. The molecule has 2 heterocycles. The van der Waals surface area contributed by atoms with Gasteiger partial charge in [0.05, 0.1) is 18.1 Å². The summed E-state index contributed by atoms with van der Waals surface area (Å²) in [4.78, 5) is 32.1. The van der Waals surface area contributed by atoms with Crippen molar-refractivity contribution in [1.82, 2.24) is 20.6 Å². The predicted octanol–water partition coefficient (Wildman–Crippen LogP) is 0.734. The van der Waals surface area contributed by atoms with Gasteiger partial charge in [0.1, 0.15) is 11.9 Å². The molecule has 3 rings (SSSR count). The second kappa shape index (κ2) is 6.43. The molecule has 0 unspecified atom stereocenters. The Morgan fingerprint density at radius 1 is 1.22 bits per heavy atom. The number of carbonyl (C=O) groups is 2. The van der Waals surface area contributed by atoms with E-state index in [1.807, 2.05) is 0 Å². The molecular weight excluding hydrogens is 294 g/mol. The van der Waals surface area contributed by atoms with Crippen LogP contribution in [-0.2, 0) is 4.79 Å². The Balaban J connectivity index is 1.70. The molecule has 1 aliphatic heterocycles. The summed E-state index contributed by atoms with van der Waals surface area (Å²) in [6.07, 6.45) is 4.59. The Hall–Kier alpha value is -2.96. The van der Waals surface area contributed by atoms with Crippen LogP contribution < -0.4 is 16.4 Å². The van der Waals surface area contributed by atoms with Gasteiger partial charge in [0.15, 0.2) is 0 Å². The monoisotopic (exact) mass is 311 g/mol. The van der Waals surface area contributed by atoms with Crippen molar-refractivity contribution in [2.24, 2.45) is 0 Å². The van der Waals surface area contributed by atoms with Crippen molar-refractivity contribution in [3.63, 3.8) is 0 Å². The maximum absolute atomic E-state index is 12.2. The fourth-order valence-corrected chi connectivity index (χ4v) is 2.43. The van der Waals surface area contributed by atoms with E-state index in [2.05, 4.69) is 20.6 Å². The smallest absolute Gasteiger partial charge is 0.251 e. The molecule has 1 aromatic heterocycles. The third-order valence-corrected chi connectivity index (χ3v) is 3.71. The van der Waals surface area contributed by atoms with Crippen molar-refractivity contribution >= 4 is 17.6 Å². The quantitative estimate of drug-likeness (QED) is 0.774. The number of rotatable bonds is 3. The Kier molecular flexibility index (Phi) is 4.18. The molecule has 4 N–H and O–H groups in total. The molecule has 1 aromatic carbocycles. The summed E-state index contributed by atoms with van der Waals surface area (Å²) in [5, 5.41) is 5.50. The first-order chi connectivity index (χ1) is 11.1. The van der Waals surface area contributed by atoms with Gasteiger partial charge in [-0.1, -0.05) is 12.1 Å². The highest BCUT2D eigenvalue weighted by molar-refractivity contribution is 5.98. The molecule has 7 heteroatoms. The van der Waals surface area contributed by atoms with Crippen LogP contribution in [0.15, 0.2) is 36.7 Å². The van der Waals surface area contributed by atoms with Gasteiger partial charge in [-0.25, -0.2) is 4.98 Å². The highest BCUT2D eigenvalue weighted by atomic mass is 16.2. The SMILES string of the molecule is Nc1cnc(-c2ccc(C(=O)N[C@@H]3CCCNC3=O)cc2)cn1. The second-order valence-corrected chi connectivity index (χ2v) is 5.36. The van der Waals surface area contributed by atoms with Crippen molar-refractivity contribution in [1.29, 1.82) is 0 Å². The van der Waals surface area contributed by atoms with E-state index in [1.165, 1.54) is 6.20 Å². The summed E-state index contributed by atoms with van der Waals surface area (Å²) >= 11 is 0. The molecule has 118 valence electrons. The Morgan fingerprint density at radius 2 is 2.00 bits per heavy atom. The van der Waals surface area contributed by atoms with Crippen molar-refractivity contribution < 1.29 is 9.59 Å². The van der Waals surface area contributed by atoms with Gasteiger partial charge in [-0.3, -0.25) is 14.6 Å². The lowest BCUT2D eigenvalue weighted by Crippen LogP contribution is -2.50. The lowest BCUT2D eigenvalue weighted by molar-refractivity contribution is -0.124. The molecule has 1 atom stereocenters. The third-order valence-electron chi connectivity index (χ3n) is 3.71. The first kappa shape index (κ1) is 15.0. The molecule has 0 bridgehead atoms. The van der Waals surface area contributed by atoms with Crippen LogP contribution in [0.3, 0.4) is 0 Å². The summed E-state index contributed by atoms with van der Waals surface area (Å²) in [6, 6.07) is 6.51. The Morgan fingerprint density at radius 3 is 2.65 bits per heavy atom. The van der Waals surface area contributed by atoms with Crippen LogP contribution >= 0.6 is 0 Å². The number of amides is 2. The maximum atomic E-state index is 12.2. The number of nitrogens with two attached hydrogens (primary N) is 1. The van der Waals surface area contributed by atoms with Gasteiger partial charge < -0.3 is 16.4 Å². The van der Waals surface area contributed by atoms with Crippen LogP contribution in [0.4, 0.5) is 5.82 Å². The number of hydrogen-bond acceptors (Lipinski definition) is 5. The van der Waals surface area contributed by atoms with Crippen LogP contribution in [0.25, 0.3) is 11.3 Å². The molecule has 0 radical (unpaired) electrons. The Bertz CT molecular complexity index is 712. The van der Waals surface area contributed by atoms with Gasteiger partial charge in [-0.15, -0.1) is 0 Å². The lowest BCUT2D eigenvalue weighted by Gasteiger charge is -2.22. The summed E-state index contributed by atoms with van der Waals surface area (Å²) in [7, 11) is 0. The van der Waals surface area contributed by atoms with E-state index in [0.29, 0.717) is 30.0 Å². The van der Waals surface area contributed by atoms with E-state index in [1.54, 1.807) is 30.5 Å². The third kappa shape index (κ3) is 3.45. The number of benzene rings is 1. The van der Waals surface area contributed by atoms with Crippen LogP contribution in [0, 0.1) is 0 Å². The molecule has 2 amide bonds. The Labute approximate surface area is 133 Å². The molecule has 2 aromatic rings. The number of aromatic nitrogens is 2. The van der Waals surface area contributed by atoms with Crippen LogP contribution in [-0.4, -0.2) is 34.4 Å². The standard InChI is InChI=1S/C16H17N5O2/c17-14-9-19-13(8-20-14)10-3-5-11(6-4-10)15(22)21-12-2-1-7-18-16(12)23/h3-6,8-9,12H,1-2,7H2,(H2,17,20)(H,18,23)(H,21,22)/t12-/m1/s1. The minimum atomic E-state index is -0.459. The van der Waals surface area contributed by atoms with E-state index < -0.39 is 6.04 Å². The highest BCUT2D eigenvalue weighted by Gasteiger charge is 2.23. The van der Waals surface area contributed by atoms with Crippen molar-refractivity contribution in [2.75, 3.05) is 12.3 Å². The molecule has 0 spiro atoms.